The van der Waals surface area contributed by atoms with Crippen molar-refractivity contribution in [2.24, 2.45) is 0 Å². The van der Waals surface area contributed by atoms with Gasteiger partial charge < -0.3 is 15.2 Å². The van der Waals surface area contributed by atoms with Crippen LogP contribution in [-0.4, -0.2) is 34.8 Å². The van der Waals surface area contributed by atoms with Crippen LogP contribution in [0.5, 0.6) is 0 Å². The minimum Gasteiger partial charge on any atom is -0.478 e. The fourth-order valence-corrected chi connectivity index (χ4v) is 2.11. The summed E-state index contributed by atoms with van der Waals surface area (Å²) in [5, 5.41) is 22.6. The Bertz CT molecular complexity index is 563. The number of hydrogen-bond donors (Lipinski definition) is 2. The summed E-state index contributed by atoms with van der Waals surface area (Å²) in [4.78, 5) is 21.0. The van der Waals surface area contributed by atoms with Gasteiger partial charge in [-0.3, -0.25) is 10.1 Å². The highest BCUT2D eigenvalue weighted by molar-refractivity contribution is 5.90. The summed E-state index contributed by atoms with van der Waals surface area (Å²) in [6.45, 7) is 2.32. The van der Waals surface area contributed by atoms with Crippen molar-refractivity contribution in [2.45, 2.75) is 25.5 Å². The number of halogens is 1. The van der Waals surface area contributed by atoms with Gasteiger partial charge in [-0.05, 0) is 13.3 Å². The third-order valence-electron chi connectivity index (χ3n) is 3.23. The van der Waals surface area contributed by atoms with Gasteiger partial charge in [0.1, 0.15) is 17.1 Å². The predicted octanol–water partition coefficient (Wildman–Crippen LogP) is 2.02. The highest BCUT2D eigenvalue weighted by Crippen LogP contribution is 2.30. The Morgan fingerprint density at radius 2 is 2.30 bits per heavy atom. The van der Waals surface area contributed by atoms with Crippen molar-refractivity contribution in [3.05, 3.63) is 33.6 Å². The lowest BCUT2D eigenvalue weighted by molar-refractivity contribution is -0.384. The van der Waals surface area contributed by atoms with Crippen LogP contribution in [0, 0.1) is 15.9 Å². The number of carbonyl (C=O) groups is 1. The van der Waals surface area contributed by atoms with Gasteiger partial charge >= 0.3 is 5.97 Å². The van der Waals surface area contributed by atoms with Gasteiger partial charge in [-0.25, -0.2) is 9.18 Å². The summed E-state index contributed by atoms with van der Waals surface area (Å²) in [5.41, 5.74) is -1.24. The lowest BCUT2D eigenvalue weighted by Gasteiger charge is -2.17. The zero-order chi connectivity index (χ0) is 14.9. The van der Waals surface area contributed by atoms with Gasteiger partial charge in [0.2, 0.25) is 0 Å². The molecule has 1 saturated heterocycles. The first kappa shape index (κ1) is 14.2. The van der Waals surface area contributed by atoms with Gasteiger partial charge in [0, 0.05) is 18.7 Å². The van der Waals surface area contributed by atoms with E-state index in [1.54, 1.807) is 6.92 Å². The zero-order valence-electron chi connectivity index (χ0n) is 10.6. The molecule has 1 fully saturated rings. The lowest BCUT2D eigenvalue weighted by atomic mass is 10.1. The maximum atomic E-state index is 13.6. The topological polar surface area (TPSA) is 102 Å². The Balaban J connectivity index is 2.38. The van der Waals surface area contributed by atoms with Crippen molar-refractivity contribution in [3.8, 4) is 0 Å². The van der Waals surface area contributed by atoms with Crippen LogP contribution in [0.15, 0.2) is 12.1 Å². The number of aromatic carboxylic acids is 1. The van der Waals surface area contributed by atoms with Gasteiger partial charge in [-0.15, -0.1) is 0 Å². The van der Waals surface area contributed by atoms with Crippen LogP contribution < -0.4 is 5.32 Å². The molecule has 1 aliphatic rings. The molecule has 0 radical (unpaired) electrons. The van der Waals surface area contributed by atoms with Crippen LogP contribution in [0.3, 0.4) is 0 Å². The second-order valence-corrected chi connectivity index (χ2v) is 4.53. The van der Waals surface area contributed by atoms with E-state index in [0.717, 1.165) is 12.1 Å². The van der Waals surface area contributed by atoms with E-state index in [1.807, 2.05) is 0 Å². The quantitative estimate of drug-likeness (QED) is 0.648. The van der Waals surface area contributed by atoms with Gasteiger partial charge in [-0.1, -0.05) is 0 Å². The molecule has 2 N–H and O–H groups in total. The normalized spacial score (nSPS) is 21.7. The molecular formula is C12H13FN2O5. The highest BCUT2D eigenvalue weighted by atomic mass is 19.1. The molecule has 2 unspecified atom stereocenters. The first-order valence-corrected chi connectivity index (χ1v) is 5.99. The third-order valence-corrected chi connectivity index (χ3v) is 3.23. The molecule has 1 heterocycles. The van der Waals surface area contributed by atoms with Gasteiger partial charge in [0.25, 0.3) is 5.69 Å². The molecule has 1 aromatic carbocycles. The number of ether oxygens (including phenoxy) is 1. The summed E-state index contributed by atoms with van der Waals surface area (Å²) in [5.74, 6) is -2.56. The summed E-state index contributed by atoms with van der Waals surface area (Å²) < 4.78 is 19.0. The summed E-state index contributed by atoms with van der Waals surface area (Å²) >= 11 is 0. The second kappa shape index (κ2) is 5.41. The van der Waals surface area contributed by atoms with Gasteiger partial charge in [-0.2, -0.15) is 0 Å². The van der Waals surface area contributed by atoms with Crippen molar-refractivity contribution in [1.82, 2.24) is 0 Å². The fraction of sp³-hybridized carbons (Fsp3) is 0.417. The lowest BCUT2D eigenvalue weighted by Crippen LogP contribution is -2.27. The van der Waals surface area contributed by atoms with Crippen molar-refractivity contribution in [3.63, 3.8) is 0 Å². The maximum absolute atomic E-state index is 13.6. The molecule has 0 aliphatic carbocycles. The number of carboxylic acids is 1. The monoisotopic (exact) mass is 284 g/mol. The number of nitro benzene ring substituents is 1. The first-order valence-electron chi connectivity index (χ1n) is 5.99. The number of rotatable bonds is 4. The average molecular weight is 284 g/mol. The number of nitro groups is 1. The summed E-state index contributed by atoms with van der Waals surface area (Å²) in [6, 6.07) is 1.39. The van der Waals surface area contributed by atoms with E-state index in [4.69, 9.17) is 9.84 Å². The van der Waals surface area contributed by atoms with Gasteiger partial charge in [0.05, 0.1) is 17.1 Å². The number of carboxylic acid groups (broad SMARTS) is 1. The van der Waals surface area contributed by atoms with Crippen LogP contribution in [0.25, 0.3) is 0 Å². The van der Waals surface area contributed by atoms with Crippen molar-refractivity contribution in [1.29, 1.82) is 0 Å². The molecular weight excluding hydrogens is 271 g/mol. The third kappa shape index (κ3) is 2.69. The molecule has 2 rings (SSSR count). The average Bonchev–Trinajstić information content (AvgIpc) is 2.74. The van der Waals surface area contributed by atoms with E-state index in [9.17, 15) is 19.3 Å². The molecule has 0 saturated carbocycles. The Kier molecular flexibility index (Phi) is 3.84. The second-order valence-electron chi connectivity index (χ2n) is 4.53. The van der Waals surface area contributed by atoms with Crippen LogP contribution in [0.4, 0.5) is 15.8 Å². The Labute approximate surface area is 113 Å². The molecule has 20 heavy (non-hydrogen) atoms. The molecule has 8 heteroatoms. The van der Waals surface area contributed by atoms with E-state index >= 15 is 0 Å². The molecule has 108 valence electrons. The Morgan fingerprint density at radius 3 is 2.80 bits per heavy atom. The van der Waals surface area contributed by atoms with Crippen LogP contribution in [0.2, 0.25) is 0 Å². The molecule has 0 aromatic heterocycles. The first-order chi connectivity index (χ1) is 9.40. The molecule has 1 aliphatic heterocycles. The zero-order valence-corrected chi connectivity index (χ0v) is 10.6. The van der Waals surface area contributed by atoms with Crippen LogP contribution in [0.1, 0.15) is 23.7 Å². The van der Waals surface area contributed by atoms with Crippen LogP contribution >= 0.6 is 0 Å². The van der Waals surface area contributed by atoms with Gasteiger partial charge in [0.15, 0.2) is 0 Å². The number of nitrogens with zero attached hydrogens (tertiary/aromatic N) is 1. The minimum atomic E-state index is -1.55. The number of nitrogens with one attached hydrogen (secondary N) is 1. The molecule has 7 nitrogen and oxygen atoms in total. The van der Waals surface area contributed by atoms with E-state index < -0.39 is 28.0 Å². The largest absolute Gasteiger partial charge is 0.478 e. The van der Waals surface area contributed by atoms with E-state index in [2.05, 4.69) is 5.32 Å². The number of hydrogen-bond acceptors (Lipinski definition) is 5. The Hall–Kier alpha value is -2.22. The summed E-state index contributed by atoms with van der Waals surface area (Å²) in [6.07, 6.45) is 0.484. The van der Waals surface area contributed by atoms with Crippen molar-refractivity contribution < 1.29 is 24.0 Å². The van der Waals surface area contributed by atoms with Crippen molar-refractivity contribution in [2.75, 3.05) is 11.9 Å². The minimum absolute atomic E-state index is 0.0418. The van der Waals surface area contributed by atoms with E-state index in [-0.39, 0.29) is 17.8 Å². The van der Waals surface area contributed by atoms with Crippen molar-refractivity contribution >= 4 is 17.3 Å². The summed E-state index contributed by atoms with van der Waals surface area (Å²) in [7, 11) is 0. The number of anilines is 1. The van der Waals surface area contributed by atoms with E-state index in [0.29, 0.717) is 13.0 Å². The Morgan fingerprint density at radius 1 is 1.60 bits per heavy atom. The standard InChI is InChI=1S/C12H13FN2O5/c1-6-9(2-3-20-6)14-10-5-8(13)7(12(16)17)4-11(10)15(18)19/h4-6,9,14H,2-3H2,1H3,(H,16,17). The molecule has 0 spiro atoms. The molecule has 0 bridgehead atoms. The highest BCUT2D eigenvalue weighted by Gasteiger charge is 2.28. The fourth-order valence-electron chi connectivity index (χ4n) is 2.11. The smallest absolute Gasteiger partial charge is 0.338 e. The van der Waals surface area contributed by atoms with Crippen LogP contribution in [-0.2, 0) is 4.74 Å². The molecule has 1 aromatic rings. The molecule has 0 amide bonds. The number of benzene rings is 1. The molecule has 2 atom stereocenters. The SMILES string of the molecule is CC1OCCC1Nc1cc(F)c(C(=O)O)cc1[N+](=O)[O-]. The predicted molar refractivity (Wildman–Crippen MR) is 67.5 cm³/mol. The maximum Gasteiger partial charge on any atom is 0.338 e. The van der Waals surface area contributed by atoms with E-state index in [1.165, 1.54) is 0 Å².